The van der Waals surface area contributed by atoms with Crippen LogP contribution in [0.25, 0.3) is 0 Å². The minimum atomic E-state index is -0.828. The monoisotopic (exact) mass is 413 g/mol. The highest BCUT2D eigenvalue weighted by Crippen LogP contribution is 2.23. The number of carbonyl (C=O) groups is 1. The first kappa shape index (κ1) is 20.9. The summed E-state index contributed by atoms with van der Waals surface area (Å²) in [6.45, 7) is 0.842. The Kier molecular flexibility index (Phi) is 8.59. The Morgan fingerprint density at radius 3 is 2.69 bits per heavy atom. The second-order valence-electron chi connectivity index (χ2n) is 5.74. The van der Waals surface area contributed by atoms with E-state index >= 15 is 0 Å². The van der Waals surface area contributed by atoms with Crippen molar-refractivity contribution in [3.63, 3.8) is 0 Å². The van der Waals surface area contributed by atoms with Crippen LogP contribution in [-0.4, -0.2) is 29.1 Å². The van der Waals surface area contributed by atoms with Gasteiger partial charge in [0.1, 0.15) is 18.4 Å². The van der Waals surface area contributed by atoms with Crippen molar-refractivity contribution in [2.45, 2.75) is 25.6 Å². The molecular weight excluding hydrogens is 393 g/mol. The number of carboxylic acids is 1. The van der Waals surface area contributed by atoms with Crippen LogP contribution in [0.3, 0.4) is 0 Å². The van der Waals surface area contributed by atoms with Gasteiger partial charge in [0.2, 0.25) is 0 Å². The van der Waals surface area contributed by atoms with E-state index in [0.29, 0.717) is 35.4 Å². The molecule has 0 aliphatic rings. The van der Waals surface area contributed by atoms with Gasteiger partial charge in [0, 0.05) is 6.54 Å². The average molecular weight is 414 g/mol. The number of rotatable bonds is 10. The van der Waals surface area contributed by atoms with Crippen LogP contribution < -0.4 is 10.1 Å². The van der Waals surface area contributed by atoms with E-state index in [1.807, 2.05) is 36.6 Å². The average Bonchev–Trinajstić information content (AvgIpc) is 2.63. The zero-order valence-corrected chi connectivity index (χ0v) is 16.7. The highest BCUT2D eigenvalue weighted by atomic mass is 35.5. The van der Waals surface area contributed by atoms with Gasteiger partial charge in [-0.3, -0.25) is 4.79 Å². The molecule has 0 fully saturated rings. The number of ether oxygens (including phenoxy) is 1. The lowest BCUT2D eigenvalue weighted by atomic mass is 10.1. The Hall–Kier alpha value is -1.40. The van der Waals surface area contributed by atoms with Crippen molar-refractivity contribution in [1.29, 1.82) is 0 Å². The fourth-order valence-corrected chi connectivity index (χ4v) is 3.12. The molecule has 1 unspecified atom stereocenters. The molecule has 0 heterocycles. The molecule has 0 aliphatic carbocycles. The molecule has 0 aliphatic heterocycles. The van der Waals surface area contributed by atoms with Crippen molar-refractivity contribution in [2.75, 3.05) is 12.0 Å². The number of aliphatic carboxylic acids is 1. The van der Waals surface area contributed by atoms with Gasteiger partial charge < -0.3 is 15.2 Å². The molecule has 2 rings (SSSR count). The number of benzene rings is 2. The predicted molar refractivity (Wildman–Crippen MR) is 108 cm³/mol. The molecule has 0 bridgehead atoms. The molecule has 2 N–H and O–H groups in total. The number of nitrogens with one attached hydrogen (secondary N) is 1. The second-order valence-corrected chi connectivity index (χ2v) is 7.54. The van der Waals surface area contributed by atoms with Crippen LogP contribution >= 0.6 is 35.0 Å². The maximum absolute atomic E-state index is 11.3. The Morgan fingerprint density at radius 2 is 2.00 bits per heavy atom. The molecule has 0 saturated carbocycles. The number of halogens is 2. The van der Waals surface area contributed by atoms with Crippen molar-refractivity contribution in [1.82, 2.24) is 5.32 Å². The van der Waals surface area contributed by atoms with Gasteiger partial charge in [0.05, 0.1) is 10.0 Å². The van der Waals surface area contributed by atoms with E-state index in [9.17, 15) is 9.90 Å². The molecular formula is C19H21Cl2NO3S. The summed E-state index contributed by atoms with van der Waals surface area (Å²) in [5.41, 5.74) is 1.89. The molecule has 1 atom stereocenters. The van der Waals surface area contributed by atoms with Crippen LogP contribution in [0.4, 0.5) is 0 Å². The Bertz CT molecular complexity index is 742. The van der Waals surface area contributed by atoms with E-state index in [-0.39, 0.29) is 0 Å². The van der Waals surface area contributed by atoms with E-state index in [1.165, 1.54) is 0 Å². The number of hydrogen-bond donors (Lipinski definition) is 2. The Morgan fingerprint density at radius 1 is 1.19 bits per heavy atom. The van der Waals surface area contributed by atoms with Gasteiger partial charge >= 0.3 is 5.97 Å². The normalized spacial score (nSPS) is 12.0. The molecule has 26 heavy (non-hydrogen) atoms. The molecule has 0 spiro atoms. The third-order valence-corrected chi connectivity index (χ3v) is 5.13. The van der Waals surface area contributed by atoms with Crippen LogP contribution in [0.15, 0.2) is 42.5 Å². The minimum absolute atomic E-state index is 0.374. The van der Waals surface area contributed by atoms with Gasteiger partial charge in [-0.1, -0.05) is 41.4 Å². The van der Waals surface area contributed by atoms with Crippen LogP contribution in [-0.2, 0) is 17.9 Å². The maximum atomic E-state index is 11.3. The standard InChI is InChI=1S/C19H21Cl2NO3S/c1-26-8-7-18(19(23)24)22-11-13-3-2-4-15(9-13)25-12-14-5-6-16(20)17(21)10-14/h2-6,9-10,18,22H,7-8,11-12H2,1H3,(H,23,24). The van der Waals surface area contributed by atoms with E-state index in [0.717, 1.165) is 16.9 Å². The first-order valence-corrected chi connectivity index (χ1v) is 10.3. The van der Waals surface area contributed by atoms with Gasteiger partial charge in [0.15, 0.2) is 0 Å². The molecule has 2 aromatic rings. The second kappa shape index (κ2) is 10.7. The van der Waals surface area contributed by atoms with E-state index in [2.05, 4.69) is 5.32 Å². The number of thioether (sulfide) groups is 1. The van der Waals surface area contributed by atoms with E-state index in [1.54, 1.807) is 23.9 Å². The summed E-state index contributed by atoms with van der Waals surface area (Å²) in [6, 6.07) is 12.4. The molecule has 7 heteroatoms. The third kappa shape index (κ3) is 6.72. The van der Waals surface area contributed by atoms with Gasteiger partial charge in [0.25, 0.3) is 0 Å². The highest BCUT2D eigenvalue weighted by molar-refractivity contribution is 7.98. The smallest absolute Gasteiger partial charge is 0.320 e. The summed E-state index contributed by atoms with van der Waals surface area (Å²) < 4.78 is 5.80. The summed E-state index contributed by atoms with van der Waals surface area (Å²) in [6.07, 6.45) is 2.55. The van der Waals surface area contributed by atoms with Gasteiger partial charge in [-0.2, -0.15) is 11.8 Å². The predicted octanol–water partition coefficient (Wildman–Crippen LogP) is 4.87. The topological polar surface area (TPSA) is 58.6 Å². The van der Waals surface area contributed by atoms with Crippen LogP contribution in [0.1, 0.15) is 17.5 Å². The summed E-state index contributed by atoms with van der Waals surface area (Å²) >= 11 is 13.6. The lowest BCUT2D eigenvalue weighted by Gasteiger charge is -2.14. The summed E-state index contributed by atoms with van der Waals surface area (Å²) in [4.78, 5) is 11.3. The SMILES string of the molecule is CSCCC(NCc1cccc(OCc2ccc(Cl)c(Cl)c2)c1)C(=O)O. The summed E-state index contributed by atoms with van der Waals surface area (Å²) in [5.74, 6) is 0.689. The zero-order valence-electron chi connectivity index (χ0n) is 14.4. The van der Waals surface area contributed by atoms with Crippen LogP contribution in [0.5, 0.6) is 5.75 Å². The molecule has 0 aromatic heterocycles. The van der Waals surface area contributed by atoms with Gasteiger partial charge in [-0.25, -0.2) is 0 Å². The first-order valence-electron chi connectivity index (χ1n) is 8.10. The Balaban J connectivity index is 1.92. The largest absolute Gasteiger partial charge is 0.489 e. The first-order chi connectivity index (χ1) is 12.5. The molecule has 140 valence electrons. The third-order valence-electron chi connectivity index (χ3n) is 3.75. The van der Waals surface area contributed by atoms with Gasteiger partial charge in [-0.05, 0) is 53.8 Å². The van der Waals surface area contributed by atoms with Crippen molar-refractivity contribution in [3.8, 4) is 5.75 Å². The van der Waals surface area contributed by atoms with Crippen molar-refractivity contribution in [2.24, 2.45) is 0 Å². The summed E-state index contributed by atoms with van der Waals surface area (Å²) in [7, 11) is 0. The van der Waals surface area contributed by atoms with E-state index in [4.69, 9.17) is 27.9 Å². The molecule has 0 amide bonds. The zero-order chi connectivity index (χ0) is 18.9. The van der Waals surface area contributed by atoms with Gasteiger partial charge in [-0.15, -0.1) is 0 Å². The van der Waals surface area contributed by atoms with E-state index < -0.39 is 12.0 Å². The lowest BCUT2D eigenvalue weighted by Crippen LogP contribution is -2.36. The number of hydrogen-bond acceptors (Lipinski definition) is 4. The molecule has 0 radical (unpaired) electrons. The van der Waals surface area contributed by atoms with Crippen LogP contribution in [0, 0.1) is 0 Å². The fraction of sp³-hybridized carbons (Fsp3) is 0.316. The quantitative estimate of drug-likeness (QED) is 0.581. The Labute approximate surface area is 167 Å². The highest BCUT2D eigenvalue weighted by Gasteiger charge is 2.15. The number of carboxylic acid groups (broad SMARTS) is 1. The lowest BCUT2D eigenvalue weighted by molar-refractivity contribution is -0.139. The van der Waals surface area contributed by atoms with Crippen LogP contribution in [0.2, 0.25) is 10.0 Å². The fourth-order valence-electron chi connectivity index (χ4n) is 2.33. The maximum Gasteiger partial charge on any atom is 0.320 e. The minimum Gasteiger partial charge on any atom is -0.489 e. The van der Waals surface area contributed by atoms with Crippen molar-refractivity contribution in [3.05, 3.63) is 63.6 Å². The molecule has 4 nitrogen and oxygen atoms in total. The summed E-state index contributed by atoms with van der Waals surface area (Å²) in [5, 5.41) is 13.4. The van der Waals surface area contributed by atoms with Crippen molar-refractivity contribution >= 4 is 40.9 Å². The molecule has 2 aromatic carbocycles. The molecule has 0 saturated heterocycles. The van der Waals surface area contributed by atoms with Crippen molar-refractivity contribution < 1.29 is 14.6 Å².